The summed E-state index contributed by atoms with van der Waals surface area (Å²) >= 11 is 0. The van der Waals surface area contributed by atoms with Gasteiger partial charge in [-0.3, -0.25) is 14.4 Å². The fourth-order valence-electron chi connectivity index (χ4n) is 5.20. The lowest BCUT2D eigenvalue weighted by molar-refractivity contribution is -0.136. The zero-order chi connectivity index (χ0) is 26.5. The number of aromatic nitrogens is 1. The lowest BCUT2D eigenvalue weighted by Crippen LogP contribution is -2.54. The molecule has 1 aliphatic rings. The largest absolute Gasteiger partial charge is 0.360 e. The van der Waals surface area contributed by atoms with Gasteiger partial charge in [0, 0.05) is 43.7 Å². The average molecular weight is 509 g/mol. The molecule has 1 aromatic heterocycles. The van der Waals surface area contributed by atoms with Crippen LogP contribution >= 0.6 is 0 Å². The highest BCUT2D eigenvalue weighted by molar-refractivity contribution is 6.08. The van der Waals surface area contributed by atoms with Crippen LogP contribution in [-0.4, -0.2) is 58.2 Å². The van der Waals surface area contributed by atoms with E-state index in [-0.39, 0.29) is 17.7 Å². The van der Waals surface area contributed by atoms with Crippen molar-refractivity contribution in [3.8, 4) is 0 Å². The molecule has 38 heavy (non-hydrogen) atoms. The van der Waals surface area contributed by atoms with Crippen LogP contribution in [0.1, 0.15) is 34.3 Å². The summed E-state index contributed by atoms with van der Waals surface area (Å²) in [6.45, 7) is 0.942. The van der Waals surface area contributed by atoms with E-state index in [1.807, 2.05) is 84.9 Å². The van der Waals surface area contributed by atoms with Crippen molar-refractivity contribution < 1.29 is 14.4 Å². The molecule has 0 radical (unpaired) electrons. The summed E-state index contributed by atoms with van der Waals surface area (Å²) in [5, 5.41) is 3.85. The Kier molecular flexibility index (Phi) is 7.54. The van der Waals surface area contributed by atoms with Crippen molar-refractivity contribution in [2.75, 3.05) is 13.6 Å². The lowest BCUT2D eigenvalue weighted by atomic mass is 10.0. The number of carbonyl (C=O) groups is 3. The Bertz CT molecular complexity index is 1420. The summed E-state index contributed by atoms with van der Waals surface area (Å²) in [5.41, 5.74) is 3.41. The van der Waals surface area contributed by atoms with E-state index in [0.29, 0.717) is 31.5 Å². The zero-order valence-corrected chi connectivity index (χ0v) is 21.5. The Hall–Kier alpha value is -4.39. The molecule has 2 heterocycles. The van der Waals surface area contributed by atoms with Crippen molar-refractivity contribution in [3.05, 3.63) is 108 Å². The third-order valence-corrected chi connectivity index (χ3v) is 7.17. The molecule has 1 aliphatic heterocycles. The number of amides is 3. The number of benzene rings is 3. The first-order valence-corrected chi connectivity index (χ1v) is 13.0. The van der Waals surface area contributed by atoms with E-state index in [0.717, 1.165) is 28.5 Å². The topological polar surface area (TPSA) is 85.5 Å². The number of nitrogens with one attached hydrogen (secondary N) is 2. The maximum Gasteiger partial charge on any atom is 0.256 e. The van der Waals surface area contributed by atoms with Crippen molar-refractivity contribution in [1.29, 1.82) is 0 Å². The highest BCUT2D eigenvalue weighted by Gasteiger charge is 2.37. The van der Waals surface area contributed by atoms with Gasteiger partial charge in [-0.15, -0.1) is 0 Å². The van der Waals surface area contributed by atoms with Gasteiger partial charge in [0.15, 0.2) is 0 Å². The number of aromatic amines is 1. The molecular formula is C31H32N4O3. The molecule has 7 nitrogen and oxygen atoms in total. The Morgan fingerprint density at radius 1 is 0.947 bits per heavy atom. The summed E-state index contributed by atoms with van der Waals surface area (Å²) in [6.07, 6.45) is 3.37. The van der Waals surface area contributed by atoms with Crippen LogP contribution in [0.3, 0.4) is 0 Å². The number of hydrogen-bond donors (Lipinski definition) is 2. The van der Waals surface area contributed by atoms with Crippen molar-refractivity contribution in [3.63, 3.8) is 0 Å². The number of fused-ring (bicyclic) bond motifs is 1. The van der Waals surface area contributed by atoms with Gasteiger partial charge in [0.05, 0.1) is 5.56 Å². The molecule has 0 spiro atoms. The van der Waals surface area contributed by atoms with Gasteiger partial charge >= 0.3 is 0 Å². The molecule has 2 atom stereocenters. The highest BCUT2D eigenvalue weighted by Crippen LogP contribution is 2.25. The van der Waals surface area contributed by atoms with E-state index in [1.54, 1.807) is 23.0 Å². The lowest BCUT2D eigenvalue weighted by Gasteiger charge is -2.28. The summed E-state index contributed by atoms with van der Waals surface area (Å²) in [4.78, 5) is 47.1. The molecule has 1 fully saturated rings. The van der Waals surface area contributed by atoms with E-state index in [2.05, 4.69) is 10.3 Å². The average Bonchev–Trinajstić information content (AvgIpc) is 3.61. The second-order valence-corrected chi connectivity index (χ2v) is 9.84. The smallest absolute Gasteiger partial charge is 0.256 e. The van der Waals surface area contributed by atoms with Crippen LogP contribution in [-0.2, 0) is 22.6 Å². The van der Waals surface area contributed by atoms with E-state index in [4.69, 9.17) is 0 Å². The molecule has 5 rings (SSSR count). The van der Waals surface area contributed by atoms with Crippen LogP contribution in [0, 0.1) is 0 Å². The Labute approximate surface area is 222 Å². The quantitative estimate of drug-likeness (QED) is 0.375. The number of H-pyrrole nitrogens is 1. The molecule has 0 aliphatic carbocycles. The molecule has 2 N–H and O–H groups in total. The number of likely N-dealkylation sites (tertiary alicyclic amines) is 1. The maximum atomic E-state index is 13.6. The Morgan fingerprint density at radius 2 is 1.61 bits per heavy atom. The summed E-state index contributed by atoms with van der Waals surface area (Å²) < 4.78 is 0. The summed E-state index contributed by atoms with van der Waals surface area (Å²) in [5.74, 6) is -0.635. The minimum absolute atomic E-state index is 0.168. The molecule has 4 aromatic rings. The Balaban J connectivity index is 1.34. The molecule has 7 heteroatoms. The number of hydrogen-bond acceptors (Lipinski definition) is 3. The van der Waals surface area contributed by atoms with E-state index in [9.17, 15) is 14.4 Å². The minimum atomic E-state index is -0.746. The summed E-state index contributed by atoms with van der Waals surface area (Å²) in [7, 11) is 1.75. The molecule has 0 saturated carbocycles. The van der Waals surface area contributed by atoms with Crippen molar-refractivity contribution in [1.82, 2.24) is 20.1 Å². The first kappa shape index (κ1) is 25.3. The van der Waals surface area contributed by atoms with Gasteiger partial charge in [-0.25, -0.2) is 0 Å². The van der Waals surface area contributed by atoms with Crippen molar-refractivity contribution >= 4 is 28.6 Å². The van der Waals surface area contributed by atoms with Crippen LogP contribution in [0.25, 0.3) is 10.9 Å². The first-order valence-electron chi connectivity index (χ1n) is 13.0. The fourth-order valence-corrected chi connectivity index (χ4v) is 5.20. The highest BCUT2D eigenvalue weighted by atomic mass is 16.2. The van der Waals surface area contributed by atoms with Crippen molar-refractivity contribution in [2.24, 2.45) is 0 Å². The first-order chi connectivity index (χ1) is 18.5. The van der Waals surface area contributed by atoms with E-state index >= 15 is 0 Å². The van der Waals surface area contributed by atoms with E-state index in [1.165, 1.54) is 0 Å². The second-order valence-electron chi connectivity index (χ2n) is 9.84. The monoisotopic (exact) mass is 508 g/mol. The van der Waals surface area contributed by atoms with Crippen LogP contribution in [0.15, 0.2) is 91.1 Å². The van der Waals surface area contributed by atoms with Crippen LogP contribution in [0.2, 0.25) is 0 Å². The van der Waals surface area contributed by atoms with E-state index < -0.39 is 12.1 Å². The molecular weight excluding hydrogens is 476 g/mol. The number of carbonyl (C=O) groups excluding carboxylic acids is 3. The SMILES string of the molecule is CN(Cc1ccccc1)C(=O)[C@H](Cc1ccccc1)NC(=O)[C@@H]1CCCN1C(=O)c1c[nH]c2ccccc12. The van der Waals surface area contributed by atoms with Gasteiger partial charge in [-0.05, 0) is 30.0 Å². The second kappa shape index (κ2) is 11.3. The molecule has 3 amide bonds. The molecule has 1 saturated heterocycles. The third kappa shape index (κ3) is 5.47. The number of rotatable bonds is 8. The molecule has 3 aromatic carbocycles. The number of para-hydroxylation sites is 1. The van der Waals surface area contributed by atoms with Gasteiger partial charge in [-0.1, -0.05) is 78.9 Å². The summed E-state index contributed by atoms with van der Waals surface area (Å²) in [6, 6.07) is 25.7. The zero-order valence-electron chi connectivity index (χ0n) is 21.5. The predicted octanol–water partition coefficient (Wildman–Crippen LogP) is 4.16. The molecule has 0 bridgehead atoms. The van der Waals surface area contributed by atoms with Crippen molar-refractivity contribution in [2.45, 2.75) is 37.9 Å². The van der Waals surface area contributed by atoms with Gasteiger partial charge < -0.3 is 20.1 Å². The van der Waals surface area contributed by atoms with Gasteiger partial charge in [-0.2, -0.15) is 0 Å². The standard InChI is InChI=1S/C31H32N4O3/c1-34(21-23-13-6-3-7-14-23)31(38)27(19-22-11-4-2-5-12-22)33-29(36)28-17-10-18-35(28)30(37)25-20-32-26-16-9-8-15-24(25)26/h2-9,11-16,20,27-28,32H,10,17-19,21H2,1H3,(H,33,36)/t27-,28-/m0/s1. The minimum Gasteiger partial charge on any atom is -0.360 e. The maximum absolute atomic E-state index is 13.6. The van der Waals surface area contributed by atoms with Crippen LogP contribution in [0.4, 0.5) is 0 Å². The fraction of sp³-hybridized carbons (Fsp3) is 0.258. The van der Waals surface area contributed by atoms with Gasteiger partial charge in [0.2, 0.25) is 11.8 Å². The number of likely N-dealkylation sites (N-methyl/N-ethyl adjacent to an activating group) is 1. The Morgan fingerprint density at radius 3 is 2.34 bits per heavy atom. The molecule has 194 valence electrons. The van der Waals surface area contributed by atoms with Gasteiger partial charge in [0.1, 0.15) is 12.1 Å². The third-order valence-electron chi connectivity index (χ3n) is 7.17. The molecule has 0 unspecified atom stereocenters. The van der Waals surface area contributed by atoms with Gasteiger partial charge in [0.25, 0.3) is 5.91 Å². The normalized spacial score (nSPS) is 15.8. The number of nitrogens with zero attached hydrogens (tertiary/aromatic N) is 2. The van der Waals surface area contributed by atoms with Crippen LogP contribution < -0.4 is 5.32 Å². The van der Waals surface area contributed by atoms with Crippen LogP contribution in [0.5, 0.6) is 0 Å². The predicted molar refractivity (Wildman–Crippen MR) is 147 cm³/mol.